The molecule has 1 aromatic carbocycles. The molecule has 0 unspecified atom stereocenters. The van der Waals surface area contributed by atoms with Gasteiger partial charge in [-0.1, -0.05) is 11.6 Å². The summed E-state index contributed by atoms with van der Waals surface area (Å²) < 4.78 is 5.72. The van der Waals surface area contributed by atoms with Crippen molar-refractivity contribution in [3.05, 3.63) is 41.4 Å². The predicted molar refractivity (Wildman–Crippen MR) is 102 cm³/mol. The number of hydrogen-bond donors (Lipinski definition) is 2. The molecule has 6 nitrogen and oxygen atoms in total. The molecule has 7 heteroatoms. The Morgan fingerprint density at radius 1 is 1.27 bits per heavy atom. The number of halogens is 1. The van der Waals surface area contributed by atoms with Gasteiger partial charge in [-0.15, -0.1) is 0 Å². The summed E-state index contributed by atoms with van der Waals surface area (Å²) in [6.45, 7) is 6.04. The van der Waals surface area contributed by atoms with E-state index in [2.05, 4.69) is 20.5 Å². The van der Waals surface area contributed by atoms with Crippen LogP contribution in [0.3, 0.4) is 0 Å². The lowest BCUT2D eigenvalue weighted by Gasteiger charge is -2.27. The molecule has 1 aliphatic heterocycles. The van der Waals surface area contributed by atoms with Gasteiger partial charge in [0.05, 0.1) is 6.20 Å². The number of nitrogens with one attached hydrogen (secondary N) is 2. The van der Waals surface area contributed by atoms with Crippen molar-refractivity contribution < 1.29 is 9.21 Å². The quantitative estimate of drug-likeness (QED) is 0.692. The monoisotopic (exact) mass is 376 g/mol. The summed E-state index contributed by atoms with van der Waals surface area (Å²) in [5.74, 6) is 1.30. The van der Waals surface area contributed by atoms with Crippen molar-refractivity contribution in [3.8, 4) is 11.3 Å². The van der Waals surface area contributed by atoms with E-state index in [1.54, 1.807) is 6.20 Å². The van der Waals surface area contributed by atoms with Gasteiger partial charge >= 0.3 is 0 Å². The van der Waals surface area contributed by atoms with Crippen molar-refractivity contribution in [2.24, 2.45) is 0 Å². The van der Waals surface area contributed by atoms with Crippen LogP contribution in [0.1, 0.15) is 18.7 Å². The number of aryl methyl sites for hydroxylation is 1. The summed E-state index contributed by atoms with van der Waals surface area (Å²) in [5, 5.41) is 6.99. The Morgan fingerprint density at radius 3 is 2.81 bits per heavy atom. The van der Waals surface area contributed by atoms with Crippen LogP contribution in [0.2, 0.25) is 5.02 Å². The summed E-state index contributed by atoms with van der Waals surface area (Å²) in [6, 6.07) is 7.40. The van der Waals surface area contributed by atoms with Crippen molar-refractivity contribution in [3.63, 3.8) is 0 Å². The van der Waals surface area contributed by atoms with E-state index in [1.807, 2.05) is 24.3 Å². The predicted octanol–water partition coefficient (Wildman–Crippen LogP) is 2.34. The van der Waals surface area contributed by atoms with Crippen LogP contribution >= 0.6 is 11.6 Å². The van der Waals surface area contributed by atoms with E-state index < -0.39 is 0 Å². The van der Waals surface area contributed by atoms with E-state index in [0.29, 0.717) is 36.1 Å². The number of hydrogen-bond acceptors (Lipinski definition) is 5. The van der Waals surface area contributed by atoms with Crippen molar-refractivity contribution in [2.75, 3.05) is 39.3 Å². The SMILES string of the molecule is O=C(CCc1ncc(-c2ccc(Cl)cc2)o1)NCCCN1CCNCC1. The maximum Gasteiger partial charge on any atom is 0.220 e. The van der Waals surface area contributed by atoms with Crippen LogP contribution in [0.5, 0.6) is 0 Å². The fourth-order valence-electron chi connectivity index (χ4n) is 2.95. The third-order valence-electron chi connectivity index (χ3n) is 4.43. The molecule has 2 N–H and O–H groups in total. The average Bonchev–Trinajstić information content (AvgIpc) is 3.14. The minimum absolute atomic E-state index is 0.0385. The van der Waals surface area contributed by atoms with Crippen LogP contribution < -0.4 is 10.6 Å². The largest absolute Gasteiger partial charge is 0.441 e. The first-order chi connectivity index (χ1) is 12.7. The van der Waals surface area contributed by atoms with Crippen molar-refractivity contribution >= 4 is 17.5 Å². The van der Waals surface area contributed by atoms with Crippen molar-refractivity contribution in [1.29, 1.82) is 0 Å². The van der Waals surface area contributed by atoms with Gasteiger partial charge in [0.1, 0.15) is 0 Å². The maximum absolute atomic E-state index is 12.0. The Bertz CT molecular complexity index is 696. The number of carbonyl (C=O) groups excluding carboxylic acids is 1. The van der Waals surface area contributed by atoms with Gasteiger partial charge in [-0.25, -0.2) is 4.98 Å². The highest BCUT2D eigenvalue weighted by molar-refractivity contribution is 6.30. The van der Waals surface area contributed by atoms with Crippen LogP contribution in [0.25, 0.3) is 11.3 Å². The molecule has 2 aromatic rings. The zero-order chi connectivity index (χ0) is 18.2. The van der Waals surface area contributed by atoms with Crippen LogP contribution in [-0.4, -0.2) is 55.1 Å². The van der Waals surface area contributed by atoms with E-state index in [4.69, 9.17) is 16.0 Å². The number of amides is 1. The van der Waals surface area contributed by atoms with Gasteiger partial charge in [-0.05, 0) is 37.2 Å². The minimum atomic E-state index is 0.0385. The molecule has 0 radical (unpaired) electrons. The van der Waals surface area contributed by atoms with E-state index in [9.17, 15) is 4.79 Å². The minimum Gasteiger partial charge on any atom is -0.441 e. The second-order valence-electron chi connectivity index (χ2n) is 6.42. The van der Waals surface area contributed by atoms with Gasteiger partial charge in [0.25, 0.3) is 0 Å². The van der Waals surface area contributed by atoms with Gasteiger partial charge < -0.3 is 20.0 Å². The van der Waals surface area contributed by atoms with Gasteiger partial charge in [0.15, 0.2) is 11.7 Å². The number of piperazine rings is 1. The standard InChI is InChI=1S/C19H25ClN4O2/c20-16-4-2-15(3-5-16)17-14-23-19(26-17)7-6-18(25)22-8-1-11-24-12-9-21-10-13-24/h2-5,14,21H,1,6-13H2,(H,22,25). The maximum atomic E-state index is 12.0. The first kappa shape index (κ1) is 18.9. The van der Waals surface area contributed by atoms with Crippen LogP contribution in [0.15, 0.2) is 34.9 Å². The third kappa shape index (κ3) is 5.83. The lowest BCUT2D eigenvalue weighted by molar-refractivity contribution is -0.121. The zero-order valence-corrected chi connectivity index (χ0v) is 15.6. The molecular weight excluding hydrogens is 352 g/mol. The summed E-state index contributed by atoms with van der Waals surface area (Å²) >= 11 is 5.89. The van der Waals surface area contributed by atoms with E-state index in [-0.39, 0.29) is 5.91 Å². The molecule has 0 atom stereocenters. The number of benzene rings is 1. The highest BCUT2D eigenvalue weighted by Crippen LogP contribution is 2.22. The fourth-order valence-corrected chi connectivity index (χ4v) is 3.07. The molecule has 1 saturated heterocycles. The average molecular weight is 377 g/mol. The van der Waals surface area contributed by atoms with Gasteiger partial charge in [0, 0.05) is 56.2 Å². The first-order valence-corrected chi connectivity index (χ1v) is 9.49. The number of rotatable bonds is 8. The summed E-state index contributed by atoms with van der Waals surface area (Å²) in [6.07, 6.45) is 3.54. The molecule has 0 aliphatic carbocycles. The van der Waals surface area contributed by atoms with Crippen LogP contribution in [0, 0.1) is 0 Å². The van der Waals surface area contributed by atoms with Crippen LogP contribution in [-0.2, 0) is 11.2 Å². The van der Waals surface area contributed by atoms with E-state index >= 15 is 0 Å². The Labute approximate surface area is 158 Å². The Hall–Kier alpha value is -1.89. The highest BCUT2D eigenvalue weighted by Gasteiger charge is 2.10. The van der Waals surface area contributed by atoms with E-state index in [0.717, 1.165) is 44.7 Å². The Kier molecular flexibility index (Phi) is 7.05. The molecular formula is C19H25ClN4O2. The normalized spacial score (nSPS) is 15.1. The second-order valence-corrected chi connectivity index (χ2v) is 6.86. The number of carbonyl (C=O) groups is 1. The zero-order valence-electron chi connectivity index (χ0n) is 14.8. The van der Waals surface area contributed by atoms with Gasteiger partial charge in [-0.2, -0.15) is 0 Å². The Balaban J connectivity index is 1.34. The first-order valence-electron chi connectivity index (χ1n) is 9.11. The molecule has 140 valence electrons. The lowest BCUT2D eigenvalue weighted by Crippen LogP contribution is -2.44. The Morgan fingerprint density at radius 2 is 2.04 bits per heavy atom. The fraction of sp³-hybridized carbons (Fsp3) is 0.474. The molecule has 0 saturated carbocycles. The molecule has 26 heavy (non-hydrogen) atoms. The molecule has 1 amide bonds. The van der Waals surface area contributed by atoms with Crippen molar-refractivity contribution in [2.45, 2.75) is 19.3 Å². The molecule has 1 aliphatic rings. The molecule has 1 fully saturated rings. The molecule has 0 bridgehead atoms. The smallest absolute Gasteiger partial charge is 0.220 e. The van der Waals surface area contributed by atoms with Gasteiger partial charge in [0.2, 0.25) is 5.91 Å². The highest BCUT2D eigenvalue weighted by atomic mass is 35.5. The summed E-state index contributed by atoms with van der Waals surface area (Å²) in [7, 11) is 0. The molecule has 3 rings (SSSR count). The number of nitrogens with zero attached hydrogens (tertiary/aromatic N) is 2. The van der Waals surface area contributed by atoms with Gasteiger partial charge in [-0.3, -0.25) is 4.79 Å². The van der Waals surface area contributed by atoms with Crippen molar-refractivity contribution in [1.82, 2.24) is 20.5 Å². The topological polar surface area (TPSA) is 70.4 Å². The molecule has 2 heterocycles. The van der Waals surface area contributed by atoms with E-state index in [1.165, 1.54) is 0 Å². The number of aromatic nitrogens is 1. The summed E-state index contributed by atoms with van der Waals surface area (Å²) in [5.41, 5.74) is 0.922. The molecule has 0 spiro atoms. The van der Waals surface area contributed by atoms with Crippen LogP contribution in [0.4, 0.5) is 0 Å². The number of oxazole rings is 1. The lowest BCUT2D eigenvalue weighted by atomic mass is 10.2. The third-order valence-corrected chi connectivity index (χ3v) is 4.68. The second kappa shape index (κ2) is 9.71. The molecule has 1 aromatic heterocycles. The summed E-state index contributed by atoms with van der Waals surface area (Å²) in [4.78, 5) is 18.6.